The molecule has 0 heterocycles. The van der Waals surface area contributed by atoms with Gasteiger partial charge in [0, 0.05) is 0 Å². The predicted molar refractivity (Wildman–Crippen MR) is 103 cm³/mol. The van der Waals surface area contributed by atoms with Gasteiger partial charge in [0.15, 0.2) is 0 Å². The summed E-state index contributed by atoms with van der Waals surface area (Å²) in [6, 6.07) is 18.4. The largest absolute Gasteiger partial charge is 0.467 e. The van der Waals surface area contributed by atoms with Gasteiger partial charge < -0.3 is 10.1 Å². The Morgan fingerprint density at radius 1 is 1.08 bits per heavy atom. The molecule has 2 aromatic rings. The molecule has 0 aliphatic carbocycles. The fraction of sp³-hybridized carbons (Fsp3) is 0.273. The van der Waals surface area contributed by atoms with E-state index in [4.69, 9.17) is 4.74 Å². The van der Waals surface area contributed by atoms with Gasteiger partial charge in [-0.25, -0.2) is 4.79 Å². The van der Waals surface area contributed by atoms with Crippen LogP contribution < -0.4 is 5.32 Å². The Morgan fingerprint density at radius 2 is 1.58 bits per heavy atom. The van der Waals surface area contributed by atoms with Crippen LogP contribution in [-0.2, 0) is 19.7 Å². The summed E-state index contributed by atoms with van der Waals surface area (Å²) < 4.78 is 4.85. The number of benzene rings is 2. The van der Waals surface area contributed by atoms with Crippen LogP contribution in [0.5, 0.6) is 0 Å². The van der Waals surface area contributed by atoms with E-state index in [2.05, 4.69) is 11.9 Å². The molecule has 0 aliphatic rings. The van der Waals surface area contributed by atoms with Crippen molar-refractivity contribution in [3.8, 4) is 0 Å². The number of carbonyl (C=O) groups is 2. The van der Waals surface area contributed by atoms with Gasteiger partial charge >= 0.3 is 5.97 Å². The first kappa shape index (κ1) is 19.4. The minimum atomic E-state index is -0.928. The summed E-state index contributed by atoms with van der Waals surface area (Å²) in [4.78, 5) is 25.4. The summed E-state index contributed by atoms with van der Waals surface area (Å²) in [5.74, 6) is -0.696. The minimum absolute atomic E-state index is 0.241. The van der Waals surface area contributed by atoms with Gasteiger partial charge in [0.05, 0.1) is 12.5 Å². The number of rotatable bonds is 8. The molecule has 2 rings (SSSR count). The second kappa shape index (κ2) is 8.99. The second-order valence-electron chi connectivity index (χ2n) is 6.27. The van der Waals surface area contributed by atoms with E-state index < -0.39 is 17.4 Å². The van der Waals surface area contributed by atoms with E-state index >= 15 is 0 Å². The van der Waals surface area contributed by atoms with Crippen molar-refractivity contribution in [2.24, 2.45) is 0 Å². The predicted octanol–water partition coefficient (Wildman–Crippen LogP) is 3.62. The SMILES string of the molecule is C=CCC[C@H](NC(=O)C(C)(c1ccccc1)c1ccccc1)C(=O)OC. The summed E-state index contributed by atoms with van der Waals surface area (Å²) in [6.07, 6.45) is 2.77. The summed E-state index contributed by atoms with van der Waals surface area (Å²) >= 11 is 0. The second-order valence-corrected chi connectivity index (χ2v) is 6.27. The lowest BCUT2D eigenvalue weighted by Crippen LogP contribution is -2.50. The van der Waals surface area contributed by atoms with Gasteiger partial charge in [-0.2, -0.15) is 0 Å². The number of nitrogens with one attached hydrogen (secondary N) is 1. The number of methoxy groups -OCH3 is 1. The van der Waals surface area contributed by atoms with Crippen molar-refractivity contribution in [1.29, 1.82) is 0 Å². The fourth-order valence-electron chi connectivity index (χ4n) is 2.95. The lowest BCUT2D eigenvalue weighted by Gasteiger charge is -2.31. The first-order chi connectivity index (χ1) is 12.5. The Balaban J connectivity index is 2.40. The van der Waals surface area contributed by atoms with E-state index in [9.17, 15) is 9.59 Å². The molecule has 0 saturated heterocycles. The highest BCUT2D eigenvalue weighted by Crippen LogP contribution is 2.32. The molecule has 0 bridgehead atoms. The van der Waals surface area contributed by atoms with E-state index in [0.29, 0.717) is 12.8 Å². The van der Waals surface area contributed by atoms with Gasteiger partial charge in [0.2, 0.25) is 5.91 Å². The minimum Gasteiger partial charge on any atom is -0.467 e. The number of ether oxygens (including phenoxy) is 1. The van der Waals surface area contributed by atoms with E-state index in [0.717, 1.165) is 11.1 Å². The van der Waals surface area contributed by atoms with E-state index in [1.54, 1.807) is 6.08 Å². The Hall–Kier alpha value is -2.88. The fourth-order valence-corrected chi connectivity index (χ4v) is 2.95. The molecule has 136 valence electrons. The Bertz CT molecular complexity index is 701. The normalized spacial score (nSPS) is 12.1. The van der Waals surface area contributed by atoms with Gasteiger partial charge in [0.25, 0.3) is 0 Å². The molecule has 1 amide bonds. The maximum absolute atomic E-state index is 13.3. The van der Waals surface area contributed by atoms with E-state index in [-0.39, 0.29) is 5.91 Å². The smallest absolute Gasteiger partial charge is 0.328 e. The molecule has 1 atom stereocenters. The zero-order valence-corrected chi connectivity index (χ0v) is 15.3. The maximum atomic E-state index is 13.3. The van der Waals surface area contributed by atoms with Crippen molar-refractivity contribution in [1.82, 2.24) is 5.32 Å². The number of esters is 1. The van der Waals surface area contributed by atoms with E-state index in [1.807, 2.05) is 67.6 Å². The van der Waals surface area contributed by atoms with E-state index in [1.165, 1.54) is 7.11 Å². The Labute approximate surface area is 154 Å². The highest BCUT2D eigenvalue weighted by molar-refractivity contribution is 5.94. The lowest BCUT2D eigenvalue weighted by atomic mass is 9.75. The molecule has 1 N–H and O–H groups in total. The van der Waals surface area contributed by atoms with Crippen molar-refractivity contribution in [3.05, 3.63) is 84.4 Å². The third-order valence-electron chi connectivity index (χ3n) is 4.61. The van der Waals surface area contributed by atoms with Crippen LogP contribution in [0.2, 0.25) is 0 Å². The molecule has 2 aromatic carbocycles. The molecule has 0 aromatic heterocycles. The summed E-state index contributed by atoms with van der Waals surface area (Å²) in [5.41, 5.74) is 0.787. The zero-order chi connectivity index (χ0) is 19.0. The quantitative estimate of drug-likeness (QED) is 0.584. The van der Waals surface area contributed by atoms with Gasteiger partial charge in [-0.15, -0.1) is 6.58 Å². The van der Waals surface area contributed by atoms with Gasteiger partial charge in [0.1, 0.15) is 6.04 Å². The topological polar surface area (TPSA) is 55.4 Å². The molecular weight excluding hydrogens is 326 g/mol. The molecule has 0 aliphatic heterocycles. The van der Waals surface area contributed by atoms with Crippen LogP contribution in [0, 0.1) is 0 Å². The summed E-state index contributed by atoms with van der Waals surface area (Å²) in [5, 5.41) is 2.88. The molecule has 4 heteroatoms. The molecule has 4 nitrogen and oxygen atoms in total. The zero-order valence-electron chi connectivity index (χ0n) is 15.3. The van der Waals surface area contributed by atoms with Crippen molar-refractivity contribution in [2.45, 2.75) is 31.2 Å². The molecule has 0 spiro atoms. The van der Waals surface area contributed by atoms with Crippen molar-refractivity contribution in [3.63, 3.8) is 0 Å². The maximum Gasteiger partial charge on any atom is 0.328 e. The average Bonchev–Trinajstić information content (AvgIpc) is 2.70. The highest BCUT2D eigenvalue weighted by atomic mass is 16.5. The number of carbonyl (C=O) groups excluding carboxylic acids is 2. The van der Waals surface area contributed by atoms with Crippen LogP contribution in [0.25, 0.3) is 0 Å². The van der Waals surface area contributed by atoms with Gasteiger partial charge in [-0.05, 0) is 30.9 Å². The van der Waals surface area contributed by atoms with Crippen LogP contribution >= 0.6 is 0 Å². The van der Waals surface area contributed by atoms with Crippen molar-refractivity contribution in [2.75, 3.05) is 7.11 Å². The highest BCUT2D eigenvalue weighted by Gasteiger charge is 2.38. The summed E-state index contributed by atoms with van der Waals surface area (Å²) in [6.45, 7) is 5.55. The van der Waals surface area contributed by atoms with Crippen molar-refractivity contribution >= 4 is 11.9 Å². The number of amides is 1. The molecule has 0 unspecified atom stereocenters. The first-order valence-corrected chi connectivity index (χ1v) is 8.64. The Morgan fingerprint density at radius 3 is 2.00 bits per heavy atom. The Kier molecular flexibility index (Phi) is 6.73. The number of hydrogen-bond donors (Lipinski definition) is 1. The number of hydrogen-bond acceptors (Lipinski definition) is 3. The van der Waals surface area contributed by atoms with Crippen LogP contribution in [0.3, 0.4) is 0 Å². The molecule has 0 fully saturated rings. The van der Waals surface area contributed by atoms with Crippen molar-refractivity contribution < 1.29 is 14.3 Å². The van der Waals surface area contributed by atoms with Crippen LogP contribution in [0.1, 0.15) is 30.9 Å². The molecule has 0 saturated carbocycles. The van der Waals surface area contributed by atoms with Crippen LogP contribution in [0.15, 0.2) is 73.3 Å². The van der Waals surface area contributed by atoms with Gasteiger partial charge in [-0.1, -0.05) is 66.7 Å². The van der Waals surface area contributed by atoms with Gasteiger partial charge in [-0.3, -0.25) is 4.79 Å². The molecule has 26 heavy (non-hydrogen) atoms. The van der Waals surface area contributed by atoms with Crippen LogP contribution in [-0.4, -0.2) is 25.0 Å². The van der Waals surface area contributed by atoms with Crippen LogP contribution in [0.4, 0.5) is 0 Å². The number of allylic oxidation sites excluding steroid dienone is 1. The standard InChI is InChI=1S/C22H25NO3/c1-4-5-16-19(20(24)26-3)23-21(25)22(2,17-12-8-6-9-13-17)18-14-10-7-11-15-18/h4,6-15,19H,1,5,16H2,2-3H3,(H,23,25)/t19-/m0/s1. The molecular formula is C22H25NO3. The summed E-state index contributed by atoms with van der Waals surface area (Å²) in [7, 11) is 1.32. The lowest BCUT2D eigenvalue weighted by molar-refractivity contribution is -0.145. The monoisotopic (exact) mass is 351 g/mol. The first-order valence-electron chi connectivity index (χ1n) is 8.64. The third-order valence-corrected chi connectivity index (χ3v) is 4.61. The third kappa shape index (κ3) is 4.20. The molecule has 0 radical (unpaired) electrons. The average molecular weight is 351 g/mol.